The van der Waals surface area contributed by atoms with Gasteiger partial charge in [-0.2, -0.15) is 9.97 Å². The van der Waals surface area contributed by atoms with Crippen LogP contribution in [0.25, 0.3) is 22.8 Å². The fourth-order valence-electron chi connectivity index (χ4n) is 1.87. The number of hydrogen-bond donors (Lipinski definition) is 1. The molecule has 0 spiro atoms. The molecule has 0 atom stereocenters. The van der Waals surface area contributed by atoms with Gasteiger partial charge < -0.3 is 5.73 Å². The molecule has 0 bridgehead atoms. The molecule has 3 aromatic rings. The van der Waals surface area contributed by atoms with Crippen molar-refractivity contribution in [2.45, 2.75) is 0 Å². The lowest BCUT2D eigenvalue weighted by atomic mass is 10.2. The average Bonchev–Trinajstić information content (AvgIpc) is 2.50. The van der Waals surface area contributed by atoms with Crippen LogP contribution in [0.4, 0.5) is 5.95 Å². The minimum absolute atomic E-state index is 0.157. The molecule has 1 heterocycles. The summed E-state index contributed by atoms with van der Waals surface area (Å²) in [5.41, 5.74) is 7.38. The van der Waals surface area contributed by atoms with Crippen molar-refractivity contribution >= 4 is 29.2 Å². The summed E-state index contributed by atoms with van der Waals surface area (Å²) >= 11 is 11.9. The van der Waals surface area contributed by atoms with E-state index in [1.807, 2.05) is 30.3 Å². The first-order chi connectivity index (χ1) is 10.1. The average molecular weight is 317 g/mol. The molecular weight excluding hydrogens is 307 g/mol. The number of nitrogen functional groups attached to an aromatic ring is 1. The van der Waals surface area contributed by atoms with Crippen LogP contribution >= 0.6 is 23.2 Å². The highest BCUT2D eigenvalue weighted by Gasteiger charge is 2.10. The van der Waals surface area contributed by atoms with E-state index in [-0.39, 0.29) is 5.95 Å². The minimum Gasteiger partial charge on any atom is -0.368 e. The monoisotopic (exact) mass is 316 g/mol. The van der Waals surface area contributed by atoms with Crippen LogP contribution in [0, 0.1) is 0 Å². The van der Waals surface area contributed by atoms with Crippen LogP contribution < -0.4 is 5.73 Å². The first kappa shape index (κ1) is 13.8. The molecule has 0 radical (unpaired) electrons. The van der Waals surface area contributed by atoms with Crippen LogP contribution in [0.5, 0.6) is 0 Å². The number of halogens is 2. The Morgan fingerprint density at radius 2 is 1.38 bits per heavy atom. The normalized spacial score (nSPS) is 10.6. The van der Waals surface area contributed by atoms with Crippen molar-refractivity contribution in [1.82, 2.24) is 15.0 Å². The minimum atomic E-state index is 0.157. The lowest BCUT2D eigenvalue weighted by Crippen LogP contribution is -2.02. The SMILES string of the molecule is Nc1nc(-c2ccccc2)nc(-c2ccc(Cl)c(Cl)c2)n1. The van der Waals surface area contributed by atoms with Crippen LogP contribution in [0.15, 0.2) is 48.5 Å². The van der Waals surface area contributed by atoms with Crippen molar-refractivity contribution in [2.75, 3.05) is 5.73 Å². The summed E-state index contributed by atoms with van der Waals surface area (Å²) in [6.45, 7) is 0. The molecule has 0 unspecified atom stereocenters. The Balaban J connectivity index is 2.11. The maximum atomic E-state index is 6.03. The number of aromatic nitrogens is 3. The Labute approximate surface area is 131 Å². The Morgan fingerprint density at radius 3 is 2.05 bits per heavy atom. The molecule has 104 valence electrons. The molecule has 0 aliphatic carbocycles. The molecular formula is C15H10Cl2N4. The summed E-state index contributed by atoms with van der Waals surface area (Å²) in [5.74, 6) is 1.13. The quantitative estimate of drug-likeness (QED) is 0.773. The number of benzene rings is 2. The van der Waals surface area contributed by atoms with Gasteiger partial charge in [-0.05, 0) is 18.2 Å². The van der Waals surface area contributed by atoms with Gasteiger partial charge in [0, 0.05) is 11.1 Å². The van der Waals surface area contributed by atoms with Gasteiger partial charge in [-0.15, -0.1) is 0 Å². The zero-order valence-electron chi connectivity index (χ0n) is 10.8. The lowest BCUT2D eigenvalue weighted by Gasteiger charge is -2.06. The smallest absolute Gasteiger partial charge is 0.224 e. The summed E-state index contributed by atoms with van der Waals surface area (Å²) in [5, 5.41) is 0.917. The maximum absolute atomic E-state index is 6.03. The van der Waals surface area contributed by atoms with Crippen molar-refractivity contribution in [1.29, 1.82) is 0 Å². The van der Waals surface area contributed by atoms with E-state index in [1.165, 1.54) is 0 Å². The molecule has 0 amide bonds. The third-order valence-corrected chi connectivity index (χ3v) is 3.60. The summed E-state index contributed by atoms with van der Waals surface area (Å²) < 4.78 is 0. The predicted molar refractivity (Wildman–Crippen MR) is 85.1 cm³/mol. The molecule has 2 N–H and O–H groups in total. The number of nitrogens with zero attached hydrogens (tertiary/aromatic N) is 3. The summed E-state index contributed by atoms with van der Waals surface area (Å²) in [4.78, 5) is 12.8. The zero-order valence-corrected chi connectivity index (χ0v) is 12.3. The van der Waals surface area contributed by atoms with Crippen molar-refractivity contribution in [3.63, 3.8) is 0 Å². The van der Waals surface area contributed by atoms with Gasteiger partial charge in [0.15, 0.2) is 11.6 Å². The first-order valence-electron chi connectivity index (χ1n) is 6.16. The summed E-state index contributed by atoms with van der Waals surface area (Å²) in [7, 11) is 0. The van der Waals surface area contributed by atoms with Gasteiger partial charge in [-0.1, -0.05) is 53.5 Å². The number of hydrogen-bond acceptors (Lipinski definition) is 4. The van der Waals surface area contributed by atoms with Crippen molar-refractivity contribution in [3.05, 3.63) is 58.6 Å². The molecule has 0 aliphatic heterocycles. The molecule has 0 fully saturated rings. The van der Waals surface area contributed by atoms with Crippen molar-refractivity contribution < 1.29 is 0 Å². The largest absolute Gasteiger partial charge is 0.368 e. The van der Waals surface area contributed by atoms with E-state index in [9.17, 15) is 0 Å². The highest BCUT2D eigenvalue weighted by Crippen LogP contribution is 2.28. The molecule has 0 aliphatic rings. The number of anilines is 1. The van der Waals surface area contributed by atoms with E-state index in [2.05, 4.69) is 15.0 Å². The molecule has 0 saturated carbocycles. The zero-order chi connectivity index (χ0) is 14.8. The topological polar surface area (TPSA) is 64.7 Å². The Hall–Kier alpha value is -2.17. The van der Waals surface area contributed by atoms with Crippen LogP contribution in [0.3, 0.4) is 0 Å². The highest BCUT2D eigenvalue weighted by molar-refractivity contribution is 6.42. The van der Waals surface area contributed by atoms with Gasteiger partial charge in [0.2, 0.25) is 5.95 Å². The summed E-state index contributed by atoms with van der Waals surface area (Å²) in [6, 6.07) is 14.8. The van der Waals surface area contributed by atoms with Gasteiger partial charge in [0.1, 0.15) is 0 Å². The van der Waals surface area contributed by atoms with Gasteiger partial charge in [0.05, 0.1) is 10.0 Å². The highest BCUT2D eigenvalue weighted by atomic mass is 35.5. The Kier molecular flexibility index (Phi) is 3.73. The van der Waals surface area contributed by atoms with E-state index >= 15 is 0 Å². The second kappa shape index (κ2) is 5.68. The van der Waals surface area contributed by atoms with E-state index in [0.717, 1.165) is 11.1 Å². The Morgan fingerprint density at radius 1 is 0.714 bits per heavy atom. The van der Waals surface area contributed by atoms with E-state index < -0.39 is 0 Å². The molecule has 0 saturated heterocycles. The predicted octanol–water partition coefficient (Wildman–Crippen LogP) is 4.09. The summed E-state index contributed by atoms with van der Waals surface area (Å²) in [6.07, 6.45) is 0. The lowest BCUT2D eigenvalue weighted by molar-refractivity contribution is 1.08. The van der Waals surface area contributed by atoms with Crippen LogP contribution in [0.1, 0.15) is 0 Å². The maximum Gasteiger partial charge on any atom is 0.224 e. The molecule has 21 heavy (non-hydrogen) atoms. The Bertz CT molecular complexity index is 791. The fraction of sp³-hybridized carbons (Fsp3) is 0. The van der Waals surface area contributed by atoms with E-state index in [0.29, 0.717) is 21.7 Å². The molecule has 3 rings (SSSR count). The number of nitrogens with two attached hydrogens (primary N) is 1. The standard InChI is InChI=1S/C15H10Cl2N4/c16-11-7-6-10(8-12(11)17)14-19-13(20-15(18)21-14)9-4-2-1-3-5-9/h1-8H,(H2,18,19,20,21). The second-order valence-electron chi connectivity index (χ2n) is 4.34. The van der Waals surface area contributed by atoms with Gasteiger partial charge >= 0.3 is 0 Å². The van der Waals surface area contributed by atoms with E-state index in [4.69, 9.17) is 28.9 Å². The molecule has 1 aromatic heterocycles. The van der Waals surface area contributed by atoms with Crippen molar-refractivity contribution in [2.24, 2.45) is 0 Å². The third kappa shape index (κ3) is 2.96. The van der Waals surface area contributed by atoms with Crippen LogP contribution in [0.2, 0.25) is 10.0 Å². The number of rotatable bonds is 2. The third-order valence-electron chi connectivity index (χ3n) is 2.86. The van der Waals surface area contributed by atoms with Gasteiger partial charge in [0.25, 0.3) is 0 Å². The molecule has 6 heteroatoms. The van der Waals surface area contributed by atoms with Gasteiger partial charge in [-0.25, -0.2) is 4.98 Å². The fourth-order valence-corrected chi connectivity index (χ4v) is 2.17. The second-order valence-corrected chi connectivity index (χ2v) is 5.15. The molecule has 4 nitrogen and oxygen atoms in total. The van der Waals surface area contributed by atoms with Crippen LogP contribution in [-0.2, 0) is 0 Å². The van der Waals surface area contributed by atoms with E-state index in [1.54, 1.807) is 18.2 Å². The first-order valence-corrected chi connectivity index (χ1v) is 6.91. The van der Waals surface area contributed by atoms with Crippen molar-refractivity contribution in [3.8, 4) is 22.8 Å². The van der Waals surface area contributed by atoms with Gasteiger partial charge in [-0.3, -0.25) is 0 Å². The molecule has 2 aromatic carbocycles. The van der Waals surface area contributed by atoms with Crippen LogP contribution in [-0.4, -0.2) is 15.0 Å².